The third-order valence-corrected chi connectivity index (χ3v) is 3.97. The molecule has 102 valence electrons. The molecule has 2 aromatic rings. The van der Waals surface area contributed by atoms with E-state index in [2.05, 4.69) is 25.1 Å². The predicted octanol–water partition coefficient (Wildman–Crippen LogP) is 3.07. The number of anilines is 1. The van der Waals surface area contributed by atoms with E-state index in [0.29, 0.717) is 6.04 Å². The fourth-order valence-corrected chi connectivity index (χ4v) is 2.99. The van der Waals surface area contributed by atoms with Gasteiger partial charge in [-0.2, -0.15) is 5.10 Å². The number of aryl methyl sites for hydroxylation is 1. The Balaban J connectivity index is 2.06. The molecule has 0 spiro atoms. The second kappa shape index (κ2) is 5.15. The molecule has 1 fully saturated rings. The molecule has 0 atom stereocenters. The zero-order chi connectivity index (χ0) is 13.2. The van der Waals surface area contributed by atoms with Gasteiger partial charge in [-0.25, -0.2) is 14.6 Å². The second-order valence-electron chi connectivity index (χ2n) is 5.34. The Hall–Kier alpha value is -1.65. The van der Waals surface area contributed by atoms with Crippen LogP contribution in [0.3, 0.4) is 0 Å². The van der Waals surface area contributed by atoms with E-state index >= 15 is 0 Å². The van der Waals surface area contributed by atoms with Gasteiger partial charge in [0.05, 0.1) is 17.6 Å². The Morgan fingerprint density at radius 3 is 2.58 bits per heavy atom. The highest BCUT2D eigenvalue weighted by molar-refractivity contribution is 5.86. The van der Waals surface area contributed by atoms with Gasteiger partial charge in [0.15, 0.2) is 5.65 Å². The number of rotatable bonds is 2. The van der Waals surface area contributed by atoms with Crippen LogP contribution in [-0.2, 0) is 0 Å². The van der Waals surface area contributed by atoms with Crippen molar-refractivity contribution >= 4 is 16.9 Å². The lowest BCUT2D eigenvalue weighted by atomic mass is 10.1. The molecule has 0 radical (unpaired) electrons. The van der Waals surface area contributed by atoms with Crippen molar-refractivity contribution in [3.05, 3.63) is 12.0 Å². The van der Waals surface area contributed by atoms with Crippen molar-refractivity contribution in [3.8, 4) is 0 Å². The van der Waals surface area contributed by atoms with Crippen LogP contribution in [0, 0.1) is 6.92 Å². The summed E-state index contributed by atoms with van der Waals surface area (Å²) in [4.78, 5) is 9.02. The fourth-order valence-electron chi connectivity index (χ4n) is 2.99. The molecule has 1 N–H and O–H groups in total. The molecule has 19 heavy (non-hydrogen) atoms. The highest BCUT2D eigenvalue weighted by Crippen LogP contribution is 2.30. The molecule has 0 saturated heterocycles. The normalized spacial score (nSPS) is 17.6. The van der Waals surface area contributed by atoms with E-state index in [1.807, 2.05) is 20.2 Å². The Labute approximate surface area is 113 Å². The molecule has 5 heteroatoms. The molecule has 0 bridgehead atoms. The molecule has 0 aromatic carbocycles. The van der Waals surface area contributed by atoms with Gasteiger partial charge in [0.2, 0.25) is 0 Å². The maximum absolute atomic E-state index is 4.60. The summed E-state index contributed by atoms with van der Waals surface area (Å²) in [5.74, 6) is 1.68. The molecule has 1 saturated carbocycles. The predicted molar refractivity (Wildman–Crippen MR) is 76.3 cm³/mol. The summed E-state index contributed by atoms with van der Waals surface area (Å²) in [5, 5.41) is 8.74. The number of hydrogen-bond acceptors (Lipinski definition) is 4. The van der Waals surface area contributed by atoms with Crippen molar-refractivity contribution in [3.63, 3.8) is 0 Å². The van der Waals surface area contributed by atoms with E-state index in [4.69, 9.17) is 0 Å². The number of nitrogens with one attached hydrogen (secondary N) is 1. The molecule has 2 aromatic heterocycles. The zero-order valence-electron chi connectivity index (χ0n) is 11.7. The van der Waals surface area contributed by atoms with Gasteiger partial charge in [0.1, 0.15) is 11.6 Å². The van der Waals surface area contributed by atoms with Crippen LogP contribution < -0.4 is 5.32 Å². The SMILES string of the molecule is CNc1nc(C)nc2c1cnn2C1CCCCCC1. The van der Waals surface area contributed by atoms with Crippen molar-refractivity contribution in [2.45, 2.75) is 51.5 Å². The summed E-state index contributed by atoms with van der Waals surface area (Å²) in [6.07, 6.45) is 9.63. The Morgan fingerprint density at radius 2 is 1.89 bits per heavy atom. The van der Waals surface area contributed by atoms with Crippen molar-refractivity contribution in [2.75, 3.05) is 12.4 Å². The van der Waals surface area contributed by atoms with Gasteiger partial charge in [-0.3, -0.25) is 0 Å². The lowest BCUT2D eigenvalue weighted by Gasteiger charge is -2.15. The second-order valence-corrected chi connectivity index (χ2v) is 5.34. The summed E-state index contributed by atoms with van der Waals surface area (Å²) in [5.41, 5.74) is 0.976. The minimum Gasteiger partial charge on any atom is -0.372 e. The third kappa shape index (κ3) is 2.29. The minimum atomic E-state index is 0.499. The number of fused-ring (bicyclic) bond motifs is 1. The quantitative estimate of drug-likeness (QED) is 0.842. The number of hydrogen-bond donors (Lipinski definition) is 1. The Kier molecular flexibility index (Phi) is 3.36. The van der Waals surface area contributed by atoms with E-state index in [1.165, 1.54) is 38.5 Å². The van der Waals surface area contributed by atoms with Gasteiger partial charge in [-0.15, -0.1) is 0 Å². The van der Waals surface area contributed by atoms with Crippen LogP contribution in [0.25, 0.3) is 11.0 Å². The number of nitrogens with zero attached hydrogens (tertiary/aromatic N) is 4. The van der Waals surface area contributed by atoms with Crippen molar-refractivity contribution in [1.82, 2.24) is 19.7 Å². The summed E-state index contributed by atoms with van der Waals surface area (Å²) in [6, 6.07) is 0.499. The summed E-state index contributed by atoms with van der Waals surface area (Å²) in [6.45, 7) is 1.94. The molecule has 0 aliphatic heterocycles. The first-order valence-corrected chi connectivity index (χ1v) is 7.19. The van der Waals surface area contributed by atoms with Crippen LogP contribution in [0.4, 0.5) is 5.82 Å². The molecule has 3 rings (SSSR count). The van der Waals surface area contributed by atoms with Gasteiger partial charge < -0.3 is 5.32 Å². The maximum Gasteiger partial charge on any atom is 0.163 e. The van der Waals surface area contributed by atoms with Gasteiger partial charge >= 0.3 is 0 Å². The molecule has 1 aliphatic carbocycles. The van der Waals surface area contributed by atoms with Crippen LogP contribution in [0.5, 0.6) is 0 Å². The third-order valence-electron chi connectivity index (χ3n) is 3.97. The standard InChI is InChI=1S/C14H21N5/c1-10-17-13(15-2)12-9-16-19(14(12)18-10)11-7-5-3-4-6-8-11/h9,11H,3-8H2,1-2H3,(H,15,17,18). The van der Waals surface area contributed by atoms with Gasteiger partial charge in [0, 0.05) is 7.05 Å². The first-order valence-electron chi connectivity index (χ1n) is 7.19. The van der Waals surface area contributed by atoms with Crippen LogP contribution >= 0.6 is 0 Å². The molecular weight excluding hydrogens is 238 g/mol. The highest BCUT2D eigenvalue weighted by atomic mass is 15.3. The van der Waals surface area contributed by atoms with Crippen LogP contribution in [-0.4, -0.2) is 26.8 Å². The van der Waals surface area contributed by atoms with E-state index in [-0.39, 0.29) is 0 Å². The molecule has 0 amide bonds. The van der Waals surface area contributed by atoms with Crippen LogP contribution in [0.1, 0.15) is 50.4 Å². The molecular formula is C14H21N5. The fraction of sp³-hybridized carbons (Fsp3) is 0.643. The zero-order valence-corrected chi connectivity index (χ0v) is 11.7. The molecule has 5 nitrogen and oxygen atoms in total. The van der Waals surface area contributed by atoms with Gasteiger partial charge in [0.25, 0.3) is 0 Å². The summed E-state index contributed by atoms with van der Waals surface area (Å²) < 4.78 is 2.12. The number of aromatic nitrogens is 4. The molecule has 0 unspecified atom stereocenters. The maximum atomic E-state index is 4.60. The van der Waals surface area contributed by atoms with Crippen LogP contribution in [0.2, 0.25) is 0 Å². The van der Waals surface area contributed by atoms with Crippen molar-refractivity contribution in [1.29, 1.82) is 0 Å². The first kappa shape index (κ1) is 12.4. The van der Waals surface area contributed by atoms with Gasteiger partial charge in [-0.1, -0.05) is 25.7 Å². The minimum absolute atomic E-state index is 0.499. The van der Waals surface area contributed by atoms with Crippen LogP contribution in [0.15, 0.2) is 6.20 Å². The van der Waals surface area contributed by atoms with E-state index < -0.39 is 0 Å². The smallest absolute Gasteiger partial charge is 0.163 e. The first-order chi connectivity index (χ1) is 9.29. The van der Waals surface area contributed by atoms with E-state index in [0.717, 1.165) is 22.7 Å². The summed E-state index contributed by atoms with van der Waals surface area (Å²) in [7, 11) is 1.89. The van der Waals surface area contributed by atoms with Gasteiger partial charge in [-0.05, 0) is 19.8 Å². The van der Waals surface area contributed by atoms with E-state index in [9.17, 15) is 0 Å². The average Bonchev–Trinajstić information content (AvgIpc) is 2.65. The van der Waals surface area contributed by atoms with E-state index in [1.54, 1.807) is 0 Å². The largest absolute Gasteiger partial charge is 0.372 e. The lowest BCUT2D eigenvalue weighted by Crippen LogP contribution is -2.11. The highest BCUT2D eigenvalue weighted by Gasteiger charge is 2.19. The topological polar surface area (TPSA) is 55.6 Å². The van der Waals surface area contributed by atoms with Crippen molar-refractivity contribution < 1.29 is 0 Å². The Bertz CT molecular complexity index is 566. The van der Waals surface area contributed by atoms with Crippen molar-refractivity contribution in [2.24, 2.45) is 0 Å². The molecule has 2 heterocycles. The monoisotopic (exact) mass is 259 g/mol. The molecule has 1 aliphatic rings. The summed E-state index contributed by atoms with van der Waals surface area (Å²) >= 11 is 0. The Morgan fingerprint density at radius 1 is 1.16 bits per heavy atom. The lowest BCUT2D eigenvalue weighted by molar-refractivity contribution is 0.414. The average molecular weight is 259 g/mol.